The second-order valence-electron chi connectivity index (χ2n) is 5.06. The van der Waals surface area contributed by atoms with Gasteiger partial charge in [-0.3, -0.25) is 4.90 Å². The van der Waals surface area contributed by atoms with Gasteiger partial charge in [0.05, 0.1) is 5.69 Å². The zero-order valence-corrected chi connectivity index (χ0v) is 10.7. The van der Waals surface area contributed by atoms with Gasteiger partial charge in [-0.25, -0.2) is 4.98 Å². The van der Waals surface area contributed by atoms with E-state index in [1.54, 1.807) is 0 Å². The molecule has 1 fully saturated rings. The molecule has 1 aliphatic rings. The van der Waals surface area contributed by atoms with Crippen LogP contribution in [-0.4, -0.2) is 23.0 Å². The summed E-state index contributed by atoms with van der Waals surface area (Å²) < 4.78 is 0. The normalized spacial score (nSPS) is 18.4. The Morgan fingerprint density at radius 3 is 2.76 bits per heavy atom. The lowest BCUT2D eigenvalue weighted by Gasteiger charge is -2.31. The van der Waals surface area contributed by atoms with Crippen LogP contribution in [0.5, 0.6) is 0 Å². The zero-order valence-electron chi connectivity index (χ0n) is 10.7. The number of hydrogen-bond donors (Lipinski definition) is 1. The Balaban J connectivity index is 1.82. The average Bonchev–Trinajstić information content (AvgIpc) is 2.32. The maximum atomic E-state index is 5.70. The van der Waals surface area contributed by atoms with Gasteiger partial charge < -0.3 is 5.73 Å². The first kappa shape index (κ1) is 12.4. The van der Waals surface area contributed by atoms with E-state index in [0.717, 1.165) is 18.2 Å². The van der Waals surface area contributed by atoms with Crippen molar-refractivity contribution in [1.82, 2.24) is 9.88 Å². The molecule has 0 aliphatic carbocycles. The fraction of sp³-hybridized carbons (Fsp3) is 0.643. The Bertz CT molecular complexity index is 343. The second-order valence-corrected chi connectivity index (χ2v) is 5.06. The minimum absolute atomic E-state index is 0.628. The van der Waals surface area contributed by atoms with Crippen LogP contribution in [0, 0.1) is 5.92 Å². The molecule has 0 amide bonds. The lowest BCUT2D eigenvalue weighted by Crippen LogP contribution is -2.33. The van der Waals surface area contributed by atoms with Crippen LogP contribution in [0.25, 0.3) is 0 Å². The van der Waals surface area contributed by atoms with Gasteiger partial charge in [0.25, 0.3) is 0 Å². The predicted octanol–water partition coefficient (Wildman–Crippen LogP) is 2.68. The second kappa shape index (κ2) is 6.01. The molecule has 2 heterocycles. The van der Waals surface area contributed by atoms with E-state index in [9.17, 15) is 0 Å². The largest absolute Gasteiger partial charge is 0.384 e. The number of pyridine rings is 1. The first-order valence-electron chi connectivity index (χ1n) is 6.71. The molecule has 17 heavy (non-hydrogen) atoms. The molecule has 2 N–H and O–H groups in total. The third kappa shape index (κ3) is 3.70. The first-order valence-corrected chi connectivity index (χ1v) is 6.71. The Labute approximate surface area is 104 Å². The van der Waals surface area contributed by atoms with Crippen molar-refractivity contribution in [3.05, 3.63) is 23.9 Å². The van der Waals surface area contributed by atoms with Crippen molar-refractivity contribution in [1.29, 1.82) is 0 Å². The molecule has 0 radical (unpaired) electrons. The third-order valence-corrected chi connectivity index (χ3v) is 3.62. The van der Waals surface area contributed by atoms with Crippen molar-refractivity contribution in [3.63, 3.8) is 0 Å². The van der Waals surface area contributed by atoms with E-state index >= 15 is 0 Å². The van der Waals surface area contributed by atoms with Crippen molar-refractivity contribution < 1.29 is 0 Å². The monoisotopic (exact) mass is 233 g/mol. The van der Waals surface area contributed by atoms with Crippen molar-refractivity contribution >= 4 is 5.82 Å². The molecule has 3 heteroatoms. The first-order chi connectivity index (χ1) is 8.28. The Kier molecular flexibility index (Phi) is 4.37. The van der Waals surface area contributed by atoms with Crippen LogP contribution < -0.4 is 5.73 Å². The number of likely N-dealkylation sites (tertiary alicyclic amines) is 1. The van der Waals surface area contributed by atoms with E-state index < -0.39 is 0 Å². The number of rotatable bonds is 4. The highest BCUT2D eigenvalue weighted by Crippen LogP contribution is 2.22. The Morgan fingerprint density at radius 1 is 1.35 bits per heavy atom. The average molecular weight is 233 g/mol. The van der Waals surface area contributed by atoms with E-state index in [1.165, 1.54) is 38.8 Å². The van der Waals surface area contributed by atoms with E-state index in [1.807, 2.05) is 12.1 Å². The number of piperidine rings is 1. The lowest BCUT2D eigenvalue weighted by atomic mass is 9.92. The van der Waals surface area contributed by atoms with Gasteiger partial charge in [-0.2, -0.15) is 0 Å². The molecule has 0 aromatic carbocycles. The molecule has 0 unspecified atom stereocenters. The molecule has 0 atom stereocenters. The van der Waals surface area contributed by atoms with Crippen LogP contribution in [0.1, 0.15) is 38.3 Å². The number of anilines is 1. The van der Waals surface area contributed by atoms with Crippen molar-refractivity contribution in [3.8, 4) is 0 Å². The van der Waals surface area contributed by atoms with E-state index in [0.29, 0.717) is 5.82 Å². The highest BCUT2D eigenvalue weighted by Gasteiger charge is 2.18. The molecule has 1 saturated heterocycles. The summed E-state index contributed by atoms with van der Waals surface area (Å²) in [5.74, 6) is 1.58. The van der Waals surface area contributed by atoms with Gasteiger partial charge in [-0.05, 0) is 44.0 Å². The van der Waals surface area contributed by atoms with Gasteiger partial charge in [0, 0.05) is 6.54 Å². The van der Waals surface area contributed by atoms with Crippen molar-refractivity contribution in [2.45, 2.75) is 39.2 Å². The number of nitrogens with zero attached hydrogens (tertiary/aromatic N) is 2. The predicted molar refractivity (Wildman–Crippen MR) is 71.6 cm³/mol. The summed E-state index contributed by atoms with van der Waals surface area (Å²) in [6.45, 7) is 5.65. The maximum absolute atomic E-state index is 5.70. The number of nitrogen functional groups attached to an aromatic ring is 1. The highest BCUT2D eigenvalue weighted by atomic mass is 15.1. The smallest absolute Gasteiger partial charge is 0.123 e. The molecule has 1 aromatic rings. The molecular formula is C14H23N3. The van der Waals surface area contributed by atoms with Crippen molar-refractivity contribution in [2.75, 3.05) is 18.8 Å². The summed E-state index contributed by atoms with van der Waals surface area (Å²) in [5.41, 5.74) is 6.79. The topological polar surface area (TPSA) is 42.1 Å². The van der Waals surface area contributed by atoms with Crippen LogP contribution in [0.4, 0.5) is 5.82 Å². The van der Waals surface area contributed by atoms with Crippen LogP contribution >= 0.6 is 0 Å². The zero-order chi connectivity index (χ0) is 12.1. The van der Waals surface area contributed by atoms with Crippen molar-refractivity contribution in [2.24, 2.45) is 5.92 Å². The summed E-state index contributed by atoms with van der Waals surface area (Å²) in [6, 6.07) is 5.90. The molecule has 94 valence electrons. The maximum Gasteiger partial charge on any atom is 0.123 e. The number of hydrogen-bond acceptors (Lipinski definition) is 3. The van der Waals surface area contributed by atoms with Gasteiger partial charge in [-0.1, -0.05) is 25.8 Å². The van der Waals surface area contributed by atoms with Crippen LogP contribution in [0.2, 0.25) is 0 Å². The minimum Gasteiger partial charge on any atom is -0.384 e. The van der Waals surface area contributed by atoms with E-state index in [2.05, 4.69) is 22.9 Å². The lowest BCUT2D eigenvalue weighted by molar-refractivity contribution is 0.170. The SMILES string of the molecule is CCCC1CCN(Cc2cccc(N)n2)CC1. The van der Waals surface area contributed by atoms with Gasteiger partial charge in [0.15, 0.2) is 0 Å². The third-order valence-electron chi connectivity index (χ3n) is 3.62. The van der Waals surface area contributed by atoms with Gasteiger partial charge in [0.2, 0.25) is 0 Å². The van der Waals surface area contributed by atoms with Crippen LogP contribution in [-0.2, 0) is 6.54 Å². The van der Waals surface area contributed by atoms with Gasteiger partial charge >= 0.3 is 0 Å². The summed E-state index contributed by atoms with van der Waals surface area (Å²) in [5, 5.41) is 0. The summed E-state index contributed by atoms with van der Waals surface area (Å²) in [7, 11) is 0. The molecular weight excluding hydrogens is 210 g/mol. The van der Waals surface area contributed by atoms with Gasteiger partial charge in [-0.15, -0.1) is 0 Å². The molecule has 3 nitrogen and oxygen atoms in total. The number of nitrogens with two attached hydrogens (primary N) is 1. The number of aromatic nitrogens is 1. The fourth-order valence-electron chi connectivity index (χ4n) is 2.66. The quantitative estimate of drug-likeness (QED) is 0.869. The molecule has 2 rings (SSSR count). The molecule has 0 bridgehead atoms. The Morgan fingerprint density at radius 2 is 2.12 bits per heavy atom. The molecule has 1 aliphatic heterocycles. The standard InChI is InChI=1S/C14H23N3/c1-2-4-12-7-9-17(10-8-12)11-13-5-3-6-14(15)16-13/h3,5-6,12H,2,4,7-11H2,1H3,(H2,15,16). The van der Waals surface area contributed by atoms with Crippen LogP contribution in [0.15, 0.2) is 18.2 Å². The summed E-state index contributed by atoms with van der Waals surface area (Å²) >= 11 is 0. The Hall–Kier alpha value is -1.09. The molecule has 0 saturated carbocycles. The fourth-order valence-corrected chi connectivity index (χ4v) is 2.66. The minimum atomic E-state index is 0.628. The summed E-state index contributed by atoms with van der Waals surface area (Å²) in [4.78, 5) is 6.85. The van der Waals surface area contributed by atoms with E-state index in [4.69, 9.17) is 5.73 Å². The molecule has 1 aromatic heterocycles. The molecule has 0 spiro atoms. The van der Waals surface area contributed by atoms with Crippen LogP contribution in [0.3, 0.4) is 0 Å². The highest BCUT2D eigenvalue weighted by molar-refractivity contribution is 5.28. The van der Waals surface area contributed by atoms with Gasteiger partial charge in [0.1, 0.15) is 5.82 Å². The summed E-state index contributed by atoms with van der Waals surface area (Å²) in [6.07, 6.45) is 5.40. The van der Waals surface area contributed by atoms with E-state index in [-0.39, 0.29) is 0 Å².